The number of nitrogens with one attached hydrogen (secondary N) is 1. The molecule has 0 aliphatic rings. The quantitative estimate of drug-likeness (QED) is 0.424. The molecule has 60 valence electrons. The molecular weight excluding hydrogens is 179 g/mol. The first-order valence-corrected chi connectivity index (χ1v) is 3.77. The van der Waals surface area contributed by atoms with Crippen molar-refractivity contribution < 1.29 is 31.0 Å². The van der Waals surface area contributed by atoms with E-state index in [-0.39, 0.29) is 31.0 Å². The normalized spacial score (nSPS) is 8.33. The molecule has 0 aromatic heterocycles. The van der Waals surface area contributed by atoms with Gasteiger partial charge < -0.3 is 12.5 Å². The Kier molecular flexibility index (Phi) is 6.38. The van der Waals surface area contributed by atoms with E-state index in [1.807, 2.05) is 30.3 Å². The fraction of sp³-hybridized carbons (Fsp3) is 0.125. The van der Waals surface area contributed by atoms with Gasteiger partial charge in [-0.2, -0.15) is 0 Å². The van der Waals surface area contributed by atoms with Crippen LogP contribution in [0.15, 0.2) is 30.3 Å². The number of hydrogen-bond acceptors (Lipinski definition) is 1. The van der Waals surface area contributed by atoms with Gasteiger partial charge in [-0.05, 0) is 17.8 Å². The molecule has 0 radical (unpaired) electrons. The Morgan fingerprint density at radius 2 is 2.00 bits per heavy atom. The van der Waals surface area contributed by atoms with Crippen molar-refractivity contribution in [1.29, 1.82) is 0 Å². The molecule has 1 rings (SSSR count). The van der Waals surface area contributed by atoms with Gasteiger partial charge >= 0.3 is 29.6 Å². The van der Waals surface area contributed by atoms with Gasteiger partial charge in [-0.3, -0.25) is 0 Å². The molecule has 12 heavy (non-hydrogen) atoms. The van der Waals surface area contributed by atoms with Crippen molar-refractivity contribution in [1.82, 2.24) is 5.32 Å². The van der Waals surface area contributed by atoms with Gasteiger partial charge in [0.15, 0.2) is 5.11 Å². The average molecular weight is 190 g/mol. The Morgan fingerprint density at radius 1 is 1.42 bits per heavy atom. The molecular formula is C8H11N2NaS. The van der Waals surface area contributed by atoms with E-state index in [9.17, 15) is 0 Å². The third kappa shape index (κ3) is 4.72. The summed E-state index contributed by atoms with van der Waals surface area (Å²) >= 11 is 4.66. The van der Waals surface area contributed by atoms with Crippen molar-refractivity contribution in [2.24, 2.45) is 5.73 Å². The summed E-state index contributed by atoms with van der Waals surface area (Å²) in [5, 5.41) is 3.21. The standard InChI is InChI=1S/C8H10N2S.Na.H/c9-8(11)10-6-7-4-2-1-3-5-7;;/h1-5H,6H2,(H3,9,10,11);;/q;+1;-1. The molecule has 3 N–H and O–H groups in total. The van der Waals surface area contributed by atoms with Crippen LogP contribution in [-0.4, -0.2) is 5.11 Å². The van der Waals surface area contributed by atoms with Crippen LogP contribution in [0.1, 0.15) is 6.99 Å². The second-order valence-electron chi connectivity index (χ2n) is 2.20. The zero-order chi connectivity index (χ0) is 8.10. The summed E-state index contributed by atoms with van der Waals surface area (Å²) in [7, 11) is 0. The van der Waals surface area contributed by atoms with Crippen molar-refractivity contribution >= 4 is 17.3 Å². The molecule has 0 spiro atoms. The first-order valence-electron chi connectivity index (χ1n) is 3.36. The first kappa shape index (κ1) is 11.9. The van der Waals surface area contributed by atoms with Gasteiger partial charge in [0.05, 0.1) is 0 Å². The molecule has 2 nitrogen and oxygen atoms in total. The third-order valence-corrected chi connectivity index (χ3v) is 1.45. The Hall–Kier alpha value is -0.0900. The molecule has 0 aliphatic heterocycles. The van der Waals surface area contributed by atoms with E-state index in [0.29, 0.717) is 11.7 Å². The smallest absolute Gasteiger partial charge is 1.00 e. The average Bonchev–Trinajstić information content (AvgIpc) is 2.03. The van der Waals surface area contributed by atoms with Gasteiger partial charge in [0.2, 0.25) is 0 Å². The Labute approximate surface area is 101 Å². The molecule has 0 atom stereocenters. The van der Waals surface area contributed by atoms with E-state index in [1.165, 1.54) is 5.56 Å². The number of hydrogen-bond donors (Lipinski definition) is 2. The van der Waals surface area contributed by atoms with Crippen LogP contribution < -0.4 is 40.6 Å². The van der Waals surface area contributed by atoms with Crippen LogP contribution in [0.4, 0.5) is 0 Å². The van der Waals surface area contributed by atoms with E-state index in [1.54, 1.807) is 0 Å². The molecule has 0 bridgehead atoms. The van der Waals surface area contributed by atoms with Gasteiger partial charge in [0.1, 0.15) is 0 Å². The van der Waals surface area contributed by atoms with Crippen molar-refractivity contribution in [2.75, 3.05) is 0 Å². The second kappa shape index (κ2) is 6.43. The second-order valence-corrected chi connectivity index (χ2v) is 2.64. The molecule has 0 aliphatic carbocycles. The van der Waals surface area contributed by atoms with Gasteiger partial charge in [0.25, 0.3) is 0 Å². The SMILES string of the molecule is NC(=S)NCc1ccccc1.[H-].[Na+]. The number of rotatable bonds is 2. The third-order valence-electron chi connectivity index (χ3n) is 1.31. The van der Waals surface area contributed by atoms with E-state index >= 15 is 0 Å². The summed E-state index contributed by atoms with van der Waals surface area (Å²) in [5.74, 6) is 0. The molecule has 4 heteroatoms. The maximum atomic E-state index is 5.26. The predicted molar refractivity (Wildman–Crippen MR) is 51.2 cm³/mol. The predicted octanol–water partition coefficient (Wildman–Crippen LogP) is -1.86. The monoisotopic (exact) mass is 190 g/mol. The van der Waals surface area contributed by atoms with Crippen LogP contribution in [0.3, 0.4) is 0 Å². The van der Waals surface area contributed by atoms with Crippen LogP contribution in [0.5, 0.6) is 0 Å². The number of thiocarbonyl (C=S) groups is 1. The fourth-order valence-corrected chi connectivity index (χ4v) is 0.857. The maximum Gasteiger partial charge on any atom is 1.00 e. The van der Waals surface area contributed by atoms with E-state index in [4.69, 9.17) is 5.73 Å². The van der Waals surface area contributed by atoms with Gasteiger partial charge in [-0.15, -0.1) is 0 Å². The zero-order valence-electron chi connectivity index (χ0n) is 8.08. The van der Waals surface area contributed by atoms with Crippen LogP contribution in [0, 0.1) is 0 Å². The topological polar surface area (TPSA) is 38.0 Å². The van der Waals surface area contributed by atoms with E-state index in [2.05, 4.69) is 17.5 Å². The minimum atomic E-state index is 0. The zero-order valence-corrected chi connectivity index (χ0v) is 9.90. The van der Waals surface area contributed by atoms with Crippen LogP contribution in [0.25, 0.3) is 0 Å². The van der Waals surface area contributed by atoms with Gasteiger partial charge in [-0.1, -0.05) is 30.3 Å². The largest absolute Gasteiger partial charge is 1.00 e. The summed E-state index contributed by atoms with van der Waals surface area (Å²) in [6.07, 6.45) is 0. The Balaban J connectivity index is 0. The van der Waals surface area contributed by atoms with Crippen LogP contribution in [-0.2, 0) is 6.54 Å². The molecule has 0 saturated heterocycles. The Morgan fingerprint density at radius 3 is 2.50 bits per heavy atom. The van der Waals surface area contributed by atoms with Gasteiger partial charge in [0, 0.05) is 6.54 Å². The van der Waals surface area contributed by atoms with Crippen molar-refractivity contribution in [3.8, 4) is 0 Å². The first-order chi connectivity index (χ1) is 5.29. The summed E-state index contributed by atoms with van der Waals surface area (Å²) in [6.45, 7) is 0.705. The van der Waals surface area contributed by atoms with Gasteiger partial charge in [-0.25, -0.2) is 0 Å². The van der Waals surface area contributed by atoms with E-state index in [0.717, 1.165) is 0 Å². The van der Waals surface area contributed by atoms with Crippen LogP contribution >= 0.6 is 12.2 Å². The summed E-state index contributed by atoms with van der Waals surface area (Å²) in [6, 6.07) is 9.98. The molecule has 0 heterocycles. The van der Waals surface area contributed by atoms with Crippen molar-refractivity contribution in [2.45, 2.75) is 6.54 Å². The molecule has 0 amide bonds. The molecule has 0 saturated carbocycles. The molecule has 1 aromatic rings. The van der Waals surface area contributed by atoms with E-state index < -0.39 is 0 Å². The summed E-state index contributed by atoms with van der Waals surface area (Å²) in [4.78, 5) is 0. The number of benzene rings is 1. The summed E-state index contributed by atoms with van der Waals surface area (Å²) in [5.41, 5.74) is 6.44. The van der Waals surface area contributed by atoms with Crippen molar-refractivity contribution in [3.05, 3.63) is 35.9 Å². The number of nitrogens with two attached hydrogens (primary N) is 1. The molecule has 0 fully saturated rings. The summed E-state index contributed by atoms with van der Waals surface area (Å²) < 4.78 is 0. The minimum absolute atomic E-state index is 0. The Bertz CT molecular complexity index is 243. The molecule has 1 aromatic carbocycles. The maximum absolute atomic E-state index is 5.26. The van der Waals surface area contributed by atoms with Crippen molar-refractivity contribution in [3.63, 3.8) is 0 Å². The molecule has 0 unspecified atom stereocenters. The minimum Gasteiger partial charge on any atom is -1.00 e. The van der Waals surface area contributed by atoms with Crippen LogP contribution in [0.2, 0.25) is 0 Å². The fourth-order valence-electron chi connectivity index (χ4n) is 0.785.